The topological polar surface area (TPSA) is 83.0 Å². The summed E-state index contributed by atoms with van der Waals surface area (Å²) in [6.07, 6.45) is 0.382. The lowest BCUT2D eigenvalue weighted by Crippen LogP contribution is -2.46. The number of aromatic nitrogens is 3. The average Bonchev–Trinajstić information content (AvgIpc) is 2.82. The second kappa shape index (κ2) is 6.05. The third-order valence-corrected chi connectivity index (χ3v) is 3.52. The van der Waals surface area contributed by atoms with Crippen LogP contribution >= 0.6 is 0 Å². The van der Waals surface area contributed by atoms with Crippen molar-refractivity contribution in [1.29, 1.82) is 0 Å². The summed E-state index contributed by atoms with van der Waals surface area (Å²) in [6, 6.07) is 9.24. The zero-order chi connectivity index (χ0) is 15.5. The molecule has 112 valence electrons. The predicted molar refractivity (Wildman–Crippen MR) is 78.4 cm³/mol. The molecule has 6 nitrogen and oxygen atoms in total. The number of hydrogen-bond donors (Lipinski definition) is 1. The van der Waals surface area contributed by atoms with Gasteiger partial charge in [0.2, 0.25) is 0 Å². The maximum atomic E-state index is 12.2. The molecule has 0 bridgehead atoms. The van der Waals surface area contributed by atoms with Crippen molar-refractivity contribution in [2.75, 3.05) is 7.11 Å². The molecule has 21 heavy (non-hydrogen) atoms. The zero-order valence-corrected chi connectivity index (χ0v) is 12.5. The number of esters is 1. The number of nitrogens with two attached hydrogens (primary N) is 1. The Morgan fingerprint density at radius 1 is 1.33 bits per heavy atom. The van der Waals surface area contributed by atoms with Crippen molar-refractivity contribution in [3.8, 4) is 0 Å². The molecule has 2 aromatic rings. The molecule has 1 aromatic heterocycles. The number of nitrogens with zero attached hydrogens (tertiary/aromatic N) is 3. The Kier molecular flexibility index (Phi) is 4.37. The molecule has 0 radical (unpaired) electrons. The van der Waals surface area contributed by atoms with Gasteiger partial charge in [-0.15, -0.1) is 0 Å². The maximum absolute atomic E-state index is 12.2. The third-order valence-electron chi connectivity index (χ3n) is 3.52. The van der Waals surface area contributed by atoms with Gasteiger partial charge in [0.15, 0.2) is 0 Å². The van der Waals surface area contributed by atoms with E-state index >= 15 is 0 Å². The quantitative estimate of drug-likeness (QED) is 0.839. The number of carbonyl (C=O) groups excluding carboxylic acids is 1. The molecule has 0 aliphatic rings. The Balaban J connectivity index is 2.25. The van der Waals surface area contributed by atoms with Gasteiger partial charge in [0.25, 0.3) is 0 Å². The molecule has 2 N–H and O–H groups in total. The molecule has 0 saturated carbocycles. The summed E-state index contributed by atoms with van der Waals surface area (Å²) in [4.78, 5) is 16.4. The molecular formula is C15H20N4O2. The number of aryl methyl sites for hydroxylation is 3. The second-order valence-corrected chi connectivity index (χ2v) is 5.01. The van der Waals surface area contributed by atoms with E-state index in [1.165, 1.54) is 7.11 Å². The molecule has 1 unspecified atom stereocenters. The van der Waals surface area contributed by atoms with Crippen LogP contribution in [0.5, 0.6) is 0 Å². The van der Waals surface area contributed by atoms with Crippen LogP contribution in [0.4, 0.5) is 0 Å². The van der Waals surface area contributed by atoms with Crippen molar-refractivity contribution >= 4 is 5.97 Å². The Morgan fingerprint density at radius 3 is 2.52 bits per heavy atom. The normalized spacial score (nSPS) is 13.7. The summed E-state index contributed by atoms with van der Waals surface area (Å²) in [5, 5.41) is 4.29. The molecular weight excluding hydrogens is 268 g/mol. The van der Waals surface area contributed by atoms with Gasteiger partial charge in [0.05, 0.1) is 7.11 Å². The average molecular weight is 288 g/mol. The minimum atomic E-state index is -1.19. The molecule has 0 aliphatic carbocycles. The van der Waals surface area contributed by atoms with Gasteiger partial charge in [-0.25, -0.2) is 9.78 Å². The minimum Gasteiger partial charge on any atom is -0.467 e. The summed E-state index contributed by atoms with van der Waals surface area (Å²) >= 11 is 0. The van der Waals surface area contributed by atoms with Crippen LogP contribution in [0.25, 0.3) is 0 Å². The number of benzene rings is 1. The second-order valence-electron chi connectivity index (χ2n) is 5.01. The van der Waals surface area contributed by atoms with E-state index in [1.807, 2.05) is 44.2 Å². The predicted octanol–water partition coefficient (Wildman–Crippen LogP) is 1.31. The van der Waals surface area contributed by atoms with Gasteiger partial charge in [0.1, 0.15) is 17.2 Å². The standard InChI is InChI=1S/C15H20N4O2/c1-11-17-12(2)19(18-11)10-9-15(16,14(20)21-3)13-7-5-4-6-8-13/h4-8H,9-10,16H2,1-3H3. The van der Waals surface area contributed by atoms with Crippen LogP contribution in [0.2, 0.25) is 0 Å². The van der Waals surface area contributed by atoms with E-state index in [4.69, 9.17) is 10.5 Å². The van der Waals surface area contributed by atoms with Crippen LogP contribution in [0, 0.1) is 13.8 Å². The van der Waals surface area contributed by atoms with Crippen LogP contribution in [-0.4, -0.2) is 27.8 Å². The minimum absolute atomic E-state index is 0.382. The molecule has 0 saturated heterocycles. The lowest BCUT2D eigenvalue weighted by Gasteiger charge is -2.27. The molecule has 0 amide bonds. The largest absolute Gasteiger partial charge is 0.467 e. The number of ether oxygens (including phenoxy) is 1. The molecule has 0 spiro atoms. The van der Waals surface area contributed by atoms with Crippen molar-refractivity contribution in [2.24, 2.45) is 5.73 Å². The van der Waals surface area contributed by atoms with E-state index in [0.29, 0.717) is 18.8 Å². The first-order chi connectivity index (χ1) is 9.97. The van der Waals surface area contributed by atoms with Gasteiger partial charge < -0.3 is 10.5 Å². The van der Waals surface area contributed by atoms with Crippen molar-refractivity contribution in [1.82, 2.24) is 14.8 Å². The highest BCUT2D eigenvalue weighted by atomic mass is 16.5. The molecule has 6 heteroatoms. The first kappa shape index (κ1) is 15.2. The summed E-state index contributed by atoms with van der Waals surface area (Å²) in [5.41, 5.74) is 5.88. The Morgan fingerprint density at radius 2 is 2.00 bits per heavy atom. The van der Waals surface area contributed by atoms with Crippen molar-refractivity contribution in [2.45, 2.75) is 32.4 Å². The maximum Gasteiger partial charge on any atom is 0.330 e. The number of methoxy groups -OCH3 is 1. The van der Waals surface area contributed by atoms with E-state index in [0.717, 1.165) is 11.4 Å². The van der Waals surface area contributed by atoms with Crippen molar-refractivity contribution < 1.29 is 9.53 Å². The van der Waals surface area contributed by atoms with E-state index in [1.54, 1.807) is 4.68 Å². The third kappa shape index (κ3) is 3.11. The van der Waals surface area contributed by atoms with Gasteiger partial charge in [-0.05, 0) is 25.8 Å². The molecule has 2 rings (SSSR count). The molecule has 0 fully saturated rings. The lowest BCUT2D eigenvalue weighted by atomic mass is 9.87. The number of carbonyl (C=O) groups is 1. The monoisotopic (exact) mass is 288 g/mol. The number of hydrogen-bond acceptors (Lipinski definition) is 5. The van der Waals surface area contributed by atoms with Gasteiger partial charge >= 0.3 is 5.97 Å². The van der Waals surface area contributed by atoms with E-state index in [-0.39, 0.29) is 0 Å². The molecule has 0 aliphatic heterocycles. The van der Waals surface area contributed by atoms with Gasteiger partial charge in [-0.1, -0.05) is 30.3 Å². The fraction of sp³-hybridized carbons (Fsp3) is 0.400. The Labute approximate surface area is 123 Å². The van der Waals surface area contributed by atoms with Crippen LogP contribution in [0.3, 0.4) is 0 Å². The first-order valence-corrected chi connectivity index (χ1v) is 6.78. The van der Waals surface area contributed by atoms with Gasteiger partial charge in [0, 0.05) is 6.54 Å². The zero-order valence-electron chi connectivity index (χ0n) is 12.5. The fourth-order valence-electron chi connectivity index (χ4n) is 2.34. The van der Waals surface area contributed by atoms with Crippen LogP contribution in [0.1, 0.15) is 23.6 Å². The summed E-state index contributed by atoms with van der Waals surface area (Å²) in [5.74, 6) is 1.05. The van der Waals surface area contributed by atoms with Crippen LogP contribution in [-0.2, 0) is 21.6 Å². The van der Waals surface area contributed by atoms with Crippen molar-refractivity contribution in [3.63, 3.8) is 0 Å². The number of rotatable bonds is 5. The van der Waals surface area contributed by atoms with E-state index < -0.39 is 11.5 Å². The molecule has 1 atom stereocenters. The van der Waals surface area contributed by atoms with Crippen LogP contribution in [0.15, 0.2) is 30.3 Å². The SMILES string of the molecule is COC(=O)C(N)(CCn1nc(C)nc1C)c1ccccc1. The fourth-order valence-corrected chi connectivity index (χ4v) is 2.34. The summed E-state index contributed by atoms with van der Waals surface area (Å²) < 4.78 is 6.64. The lowest BCUT2D eigenvalue weighted by molar-refractivity contribution is -0.148. The first-order valence-electron chi connectivity index (χ1n) is 6.78. The van der Waals surface area contributed by atoms with Gasteiger partial charge in [-0.2, -0.15) is 5.10 Å². The summed E-state index contributed by atoms with van der Waals surface area (Å²) in [6.45, 7) is 4.20. The smallest absolute Gasteiger partial charge is 0.330 e. The van der Waals surface area contributed by atoms with Gasteiger partial charge in [-0.3, -0.25) is 4.68 Å². The Bertz CT molecular complexity index is 624. The molecule has 1 heterocycles. The van der Waals surface area contributed by atoms with Crippen LogP contribution < -0.4 is 5.73 Å². The van der Waals surface area contributed by atoms with E-state index in [9.17, 15) is 4.79 Å². The highest BCUT2D eigenvalue weighted by molar-refractivity contribution is 5.82. The Hall–Kier alpha value is -2.21. The van der Waals surface area contributed by atoms with Crippen molar-refractivity contribution in [3.05, 3.63) is 47.5 Å². The summed E-state index contributed by atoms with van der Waals surface area (Å²) in [7, 11) is 1.34. The van der Waals surface area contributed by atoms with E-state index in [2.05, 4.69) is 10.1 Å². The highest BCUT2D eigenvalue weighted by Gasteiger charge is 2.37. The highest BCUT2D eigenvalue weighted by Crippen LogP contribution is 2.24. The molecule has 1 aromatic carbocycles.